The van der Waals surface area contributed by atoms with E-state index in [2.05, 4.69) is 17.2 Å². The van der Waals surface area contributed by atoms with E-state index in [1.807, 2.05) is 48.5 Å². The highest BCUT2D eigenvalue weighted by Crippen LogP contribution is 2.24. The average Bonchev–Trinajstić information content (AvgIpc) is 2.94. The SMILES string of the molecule is Cc1ccc(Oc2ccc(NCc3cnc(Cl)s3)cc2)cc1. The molecule has 0 aliphatic rings. The number of ether oxygens (including phenoxy) is 1. The zero-order valence-electron chi connectivity index (χ0n) is 12.0. The van der Waals surface area contributed by atoms with Crippen LogP contribution in [-0.2, 0) is 6.54 Å². The topological polar surface area (TPSA) is 34.1 Å². The Morgan fingerprint density at radius 3 is 2.27 bits per heavy atom. The number of aromatic nitrogens is 1. The number of hydrogen-bond acceptors (Lipinski definition) is 4. The third-order valence-electron chi connectivity index (χ3n) is 3.10. The first-order chi connectivity index (χ1) is 10.7. The number of anilines is 1. The second-order valence-corrected chi connectivity index (χ2v) is 6.57. The molecular formula is C17H15ClN2OS. The molecule has 0 saturated heterocycles. The van der Waals surface area contributed by atoms with E-state index in [4.69, 9.17) is 16.3 Å². The van der Waals surface area contributed by atoms with E-state index in [-0.39, 0.29) is 0 Å². The summed E-state index contributed by atoms with van der Waals surface area (Å²) in [6, 6.07) is 15.9. The number of aryl methyl sites for hydroxylation is 1. The van der Waals surface area contributed by atoms with Gasteiger partial charge in [0, 0.05) is 16.8 Å². The van der Waals surface area contributed by atoms with Crippen molar-refractivity contribution in [3.05, 3.63) is 69.6 Å². The Kier molecular flexibility index (Phi) is 4.61. The Balaban J connectivity index is 1.59. The molecule has 1 N–H and O–H groups in total. The molecular weight excluding hydrogens is 316 g/mol. The van der Waals surface area contributed by atoms with Gasteiger partial charge in [0.15, 0.2) is 4.47 Å². The number of nitrogens with one attached hydrogen (secondary N) is 1. The van der Waals surface area contributed by atoms with Crippen LogP contribution < -0.4 is 10.1 Å². The van der Waals surface area contributed by atoms with E-state index in [9.17, 15) is 0 Å². The van der Waals surface area contributed by atoms with Gasteiger partial charge in [-0.1, -0.05) is 29.3 Å². The molecule has 3 rings (SSSR count). The lowest BCUT2D eigenvalue weighted by molar-refractivity contribution is 0.482. The molecule has 2 aromatic carbocycles. The fourth-order valence-corrected chi connectivity index (χ4v) is 2.86. The van der Waals surface area contributed by atoms with Crippen LogP contribution in [0.3, 0.4) is 0 Å². The Hall–Kier alpha value is -2.04. The monoisotopic (exact) mass is 330 g/mol. The van der Waals surface area contributed by atoms with Gasteiger partial charge in [0.05, 0.1) is 6.54 Å². The summed E-state index contributed by atoms with van der Waals surface area (Å²) in [5.74, 6) is 1.65. The Labute approximate surface area is 138 Å². The zero-order chi connectivity index (χ0) is 15.4. The van der Waals surface area contributed by atoms with E-state index in [1.165, 1.54) is 16.9 Å². The summed E-state index contributed by atoms with van der Waals surface area (Å²) < 4.78 is 6.37. The molecule has 5 heteroatoms. The summed E-state index contributed by atoms with van der Waals surface area (Å²) in [6.07, 6.45) is 1.79. The maximum atomic E-state index is 5.81. The molecule has 1 heterocycles. The Bertz CT molecular complexity index is 738. The molecule has 0 atom stereocenters. The molecule has 3 aromatic rings. The van der Waals surface area contributed by atoms with Gasteiger partial charge >= 0.3 is 0 Å². The molecule has 0 saturated carbocycles. The van der Waals surface area contributed by atoms with Crippen LogP contribution in [0.5, 0.6) is 11.5 Å². The van der Waals surface area contributed by atoms with Crippen LogP contribution in [0.1, 0.15) is 10.4 Å². The lowest BCUT2D eigenvalue weighted by atomic mass is 10.2. The zero-order valence-corrected chi connectivity index (χ0v) is 13.6. The summed E-state index contributed by atoms with van der Waals surface area (Å²) in [4.78, 5) is 5.12. The highest BCUT2D eigenvalue weighted by atomic mass is 35.5. The maximum absolute atomic E-state index is 5.81. The van der Waals surface area contributed by atoms with Crippen LogP contribution in [0, 0.1) is 6.92 Å². The lowest BCUT2D eigenvalue weighted by Gasteiger charge is -2.08. The first-order valence-electron chi connectivity index (χ1n) is 6.88. The number of thiazole rings is 1. The van der Waals surface area contributed by atoms with E-state index in [0.29, 0.717) is 11.0 Å². The van der Waals surface area contributed by atoms with Gasteiger partial charge in [-0.05, 0) is 43.3 Å². The van der Waals surface area contributed by atoms with Gasteiger partial charge in [-0.2, -0.15) is 0 Å². The first-order valence-corrected chi connectivity index (χ1v) is 8.07. The summed E-state index contributed by atoms with van der Waals surface area (Å²) in [5, 5.41) is 3.33. The van der Waals surface area contributed by atoms with Crippen molar-refractivity contribution in [3.63, 3.8) is 0 Å². The highest BCUT2D eigenvalue weighted by molar-refractivity contribution is 7.15. The normalized spacial score (nSPS) is 10.5. The van der Waals surface area contributed by atoms with Gasteiger partial charge in [0.2, 0.25) is 0 Å². The Morgan fingerprint density at radius 2 is 1.68 bits per heavy atom. The number of halogens is 1. The van der Waals surface area contributed by atoms with Crippen LogP contribution >= 0.6 is 22.9 Å². The lowest BCUT2D eigenvalue weighted by Crippen LogP contribution is -1.97. The molecule has 0 aliphatic carbocycles. The summed E-state index contributed by atoms with van der Waals surface area (Å²) in [6.45, 7) is 2.77. The minimum absolute atomic E-state index is 0.568. The molecule has 1 aromatic heterocycles. The van der Waals surface area contributed by atoms with E-state index < -0.39 is 0 Å². The summed E-state index contributed by atoms with van der Waals surface area (Å²) in [7, 11) is 0. The molecule has 0 amide bonds. The molecule has 22 heavy (non-hydrogen) atoms. The van der Waals surface area contributed by atoms with E-state index in [1.54, 1.807) is 6.20 Å². The Morgan fingerprint density at radius 1 is 1.05 bits per heavy atom. The predicted molar refractivity (Wildman–Crippen MR) is 92.1 cm³/mol. The van der Waals surface area contributed by atoms with E-state index in [0.717, 1.165) is 22.1 Å². The molecule has 0 unspecified atom stereocenters. The van der Waals surface area contributed by atoms with Crippen molar-refractivity contribution in [2.75, 3.05) is 5.32 Å². The molecule has 0 spiro atoms. The number of rotatable bonds is 5. The van der Waals surface area contributed by atoms with Crippen molar-refractivity contribution >= 4 is 28.6 Å². The van der Waals surface area contributed by atoms with Crippen molar-refractivity contribution in [3.8, 4) is 11.5 Å². The highest BCUT2D eigenvalue weighted by Gasteiger charge is 2.01. The molecule has 0 radical (unpaired) electrons. The van der Waals surface area contributed by atoms with Crippen molar-refractivity contribution in [1.82, 2.24) is 4.98 Å². The van der Waals surface area contributed by atoms with Crippen molar-refractivity contribution in [2.24, 2.45) is 0 Å². The molecule has 0 bridgehead atoms. The fourth-order valence-electron chi connectivity index (χ4n) is 1.94. The molecule has 0 aliphatic heterocycles. The summed E-state index contributed by atoms with van der Waals surface area (Å²) in [5.41, 5.74) is 2.25. The van der Waals surface area contributed by atoms with Gasteiger partial charge in [-0.25, -0.2) is 4.98 Å². The van der Waals surface area contributed by atoms with Gasteiger partial charge < -0.3 is 10.1 Å². The first kappa shape index (κ1) is 14.9. The quantitative estimate of drug-likeness (QED) is 0.669. The smallest absolute Gasteiger partial charge is 0.183 e. The third kappa shape index (κ3) is 4.00. The molecule has 112 valence electrons. The second-order valence-electron chi connectivity index (χ2n) is 4.87. The average molecular weight is 331 g/mol. The van der Waals surface area contributed by atoms with Gasteiger partial charge in [0.1, 0.15) is 11.5 Å². The van der Waals surface area contributed by atoms with Gasteiger partial charge in [-0.3, -0.25) is 0 Å². The van der Waals surface area contributed by atoms with E-state index >= 15 is 0 Å². The van der Waals surface area contributed by atoms with Gasteiger partial charge in [-0.15, -0.1) is 11.3 Å². The number of hydrogen-bond donors (Lipinski definition) is 1. The minimum Gasteiger partial charge on any atom is -0.457 e. The third-order valence-corrected chi connectivity index (χ3v) is 4.22. The largest absolute Gasteiger partial charge is 0.457 e. The van der Waals surface area contributed by atoms with Crippen LogP contribution in [0.2, 0.25) is 4.47 Å². The molecule has 0 fully saturated rings. The fraction of sp³-hybridized carbons (Fsp3) is 0.118. The second kappa shape index (κ2) is 6.81. The van der Waals surface area contributed by atoms with Crippen LogP contribution in [0.15, 0.2) is 54.7 Å². The molecule has 3 nitrogen and oxygen atoms in total. The summed E-state index contributed by atoms with van der Waals surface area (Å²) >= 11 is 7.29. The number of nitrogens with zero attached hydrogens (tertiary/aromatic N) is 1. The van der Waals surface area contributed by atoms with Crippen molar-refractivity contribution in [1.29, 1.82) is 0 Å². The van der Waals surface area contributed by atoms with Crippen molar-refractivity contribution < 1.29 is 4.74 Å². The number of benzene rings is 2. The van der Waals surface area contributed by atoms with Crippen LogP contribution in [0.4, 0.5) is 5.69 Å². The minimum atomic E-state index is 0.568. The van der Waals surface area contributed by atoms with Gasteiger partial charge in [0.25, 0.3) is 0 Å². The van der Waals surface area contributed by atoms with Crippen molar-refractivity contribution in [2.45, 2.75) is 13.5 Å². The standard InChI is InChI=1S/C17H15ClN2OS/c1-12-2-6-14(7-3-12)21-15-8-4-13(5-9-15)19-10-16-11-20-17(18)22-16/h2-9,11,19H,10H2,1H3. The predicted octanol–water partition coefficient (Wildman–Crippen LogP) is 5.51. The van der Waals surface area contributed by atoms with Crippen LogP contribution in [-0.4, -0.2) is 4.98 Å². The van der Waals surface area contributed by atoms with Crippen LogP contribution in [0.25, 0.3) is 0 Å². The maximum Gasteiger partial charge on any atom is 0.183 e.